The summed E-state index contributed by atoms with van der Waals surface area (Å²) in [5.41, 5.74) is -3.88. The maximum Gasteiger partial charge on any atom is 1.00 e. The predicted octanol–water partition coefficient (Wildman–Crippen LogP) is -0.0378. The minimum atomic E-state index is -5.03. The van der Waals surface area contributed by atoms with Crippen molar-refractivity contribution in [2.45, 2.75) is 9.79 Å². The van der Waals surface area contributed by atoms with Gasteiger partial charge in [0.25, 0.3) is 31.6 Å². The molecule has 54 heavy (non-hydrogen) atoms. The molecule has 22 nitrogen and oxygen atoms in total. The van der Waals surface area contributed by atoms with Crippen LogP contribution in [0.5, 0.6) is 23.0 Å². The Hall–Kier alpha value is -5.02. The number of nitro groups is 2. The standard InChI is InChI=1S/C28H18N8O14S2.2Na/c37-23-9-16(36(43)44)5-6-19(23)30-34-26-27(39)21(32-29-14-1-3-15(4-2-14)35(41)42)12-22(28(26)40)33-31-20-10-17(51(45,46)47)7-13-8-18(52(48,49)50)11-24(38)25(13)20;;/h1-12,37-40H,(H,45,46,47)(H,48,49,50);;/q;2*+1/p-2. The van der Waals surface area contributed by atoms with Gasteiger partial charge in [-0.3, -0.25) is 29.3 Å². The van der Waals surface area contributed by atoms with E-state index in [0.29, 0.717) is 18.2 Å². The molecule has 0 saturated carbocycles. The minimum absolute atomic E-state index is 0. The Labute approximate surface area is 345 Å². The summed E-state index contributed by atoms with van der Waals surface area (Å²) in [5.74, 6) is -4.01. The number of non-ortho nitro benzene ring substituents is 2. The smallest absolute Gasteiger partial charge is 0.872 e. The molecule has 0 unspecified atom stereocenters. The molecule has 0 radical (unpaired) electrons. The second-order valence-electron chi connectivity index (χ2n) is 10.2. The quantitative estimate of drug-likeness (QED) is 0.0474. The van der Waals surface area contributed by atoms with Crippen LogP contribution in [0.15, 0.2) is 113 Å². The van der Waals surface area contributed by atoms with E-state index in [1.807, 2.05) is 0 Å². The number of rotatable bonds is 10. The number of azo groups is 3. The van der Waals surface area contributed by atoms with Gasteiger partial charge in [-0.1, -0.05) is 11.5 Å². The van der Waals surface area contributed by atoms with Gasteiger partial charge in [0.15, 0.2) is 17.2 Å². The Morgan fingerprint density at radius 3 is 1.54 bits per heavy atom. The largest absolute Gasteiger partial charge is 1.00 e. The molecule has 0 fully saturated rings. The summed E-state index contributed by atoms with van der Waals surface area (Å²) in [6.07, 6.45) is 0. The van der Waals surface area contributed by atoms with E-state index in [1.165, 1.54) is 12.1 Å². The monoisotopic (exact) mass is 798 g/mol. The van der Waals surface area contributed by atoms with Crippen molar-refractivity contribution in [3.63, 3.8) is 0 Å². The van der Waals surface area contributed by atoms with Crippen LogP contribution in [0.25, 0.3) is 10.8 Å². The molecule has 0 aliphatic carbocycles. The topological polar surface area (TPSA) is 356 Å². The zero-order chi connectivity index (χ0) is 38.1. The van der Waals surface area contributed by atoms with Crippen LogP contribution in [0, 0.1) is 20.2 Å². The fourth-order valence-corrected chi connectivity index (χ4v) is 5.38. The summed E-state index contributed by atoms with van der Waals surface area (Å²) < 4.78 is 66.4. The van der Waals surface area contributed by atoms with E-state index in [0.717, 1.165) is 42.5 Å². The molecule has 4 N–H and O–H groups in total. The zero-order valence-corrected chi connectivity index (χ0v) is 32.8. The summed E-state index contributed by atoms with van der Waals surface area (Å²) >= 11 is 0. The summed E-state index contributed by atoms with van der Waals surface area (Å²) in [5, 5.41) is 90.8. The van der Waals surface area contributed by atoms with Crippen molar-refractivity contribution in [1.82, 2.24) is 0 Å². The molecular formula is C28H16N8Na2O14S2. The van der Waals surface area contributed by atoms with Gasteiger partial charge in [-0.2, -0.15) is 27.1 Å². The van der Waals surface area contributed by atoms with Crippen LogP contribution < -0.4 is 69.3 Å². The maximum absolute atomic E-state index is 12.9. The molecule has 5 rings (SSSR count). The van der Waals surface area contributed by atoms with Crippen molar-refractivity contribution in [3.8, 4) is 23.0 Å². The molecule has 0 saturated heterocycles. The van der Waals surface area contributed by atoms with Crippen LogP contribution in [0.1, 0.15) is 0 Å². The van der Waals surface area contributed by atoms with Gasteiger partial charge in [-0.05, 0) is 47.9 Å². The first-order valence-corrected chi connectivity index (χ1v) is 16.5. The number of nitrogens with zero attached hydrogens (tertiary/aromatic N) is 8. The second-order valence-corrected chi connectivity index (χ2v) is 13.0. The summed E-state index contributed by atoms with van der Waals surface area (Å²) in [7, 11) is -9.99. The van der Waals surface area contributed by atoms with Crippen LogP contribution in [0.2, 0.25) is 0 Å². The zero-order valence-electron chi connectivity index (χ0n) is 27.2. The number of nitro benzene ring substituents is 2. The van der Waals surface area contributed by atoms with Crippen LogP contribution >= 0.6 is 0 Å². The Bertz CT molecular complexity index is 2640. The predicted molar refractivity (Wildman–Crippen MR) is 171 cm³/mol. The van der Waals surface area contributed by atoms with Crippen molar-refractivity contribution in [1.29, 1.82) is 0 Å². The first kappa shape index (κ1) is 43.4. The van der Waals surface area contributed by atoms with Gasteiger partial charge in [0.1, 0.15) is 11.4 Å². The summed E-state index contributed by atoms with van der Waals surface area (Å²) in [6, 6.07) is 10.6. The van der Waals surface area contributed by atoms with E-state index in [2.05, 4.69) is 30.7 Å². The van der Waals surface area contributed by atoms with Crippen molar-refractivity contribution < 1.29 is 115 Å². The van der Waals surface area contributed by atoms with Gasteiger partial charge in [0, 0.05) is 35.7 Å². The van der Waals surface area contributed by atoms with Crippen LogP contribution in [0.4, 0.5) is 45.5 Å². The third kappa shape index (κ3) is 9.74. The molecule has 0 atom stereocenters. The van der Waals surface area contributed by atoms with Gasteiger partial charge >= 0.3 is 59.1 Å². The number of fused-ring (bicyclic) bond motifs is 1. The van der Waals surface area contributed by atoms with Gasteiger partial charge in [0.2, 0.25) is 0 Å². The van der Waals surface area contributed by atoms with Gasteiger partial charge in [-0.25, -0.2) is 0 Å². The summed E-state index contributed by atoms with van der Waals surface area (Å²) in [4.78, 5) is 18.6. The van der Waals surface area contributed by atoms with Crippen molar-refractivity contribution in [2.75, 3.05) is 0 Å². The van der Waals surface area contributed by atoms with Crippen molar-refractivity contribution in [2.24, 2.45) is 30.7 Å². The number of aromatic hydroxyl groups is 2. The maximum atomic E-state index is 12.9. The minimum Gasteiger partial charge on any atom is -0.872 e. The average molecular weight is 799 g/mol. The van der Waals surface area contributed by atoms with Crippen LogP contribution in [-0.2, 0) is 20.2 Å². The molecule has 0 aliphatic rings. The first-order valence-electron chi connectivity index (χ1n) is 13.6. The number of hydrogen-bond acceptors (Lipinski definition) is 18. The van der Waals surface area contributed by atoms with E-state index in [4.69, 9.17) is 0 Å². The van der Waals surface area contributed by atoms with Gasteiger partial charge in [-0.15, -0.1) is 20.5 Å². The second kappa shape index (κ2) is 17.0. The molecule has 266 valence electrons. The van der Waals surface area contributed by atoms with Crippen molar-refractivity contribution >= 4 is 76.5 Å². The fourth-order valence-electron chi connectivity index (χ4n) is 4.31. The van der Waals surface area contributed by atoms with E-state index in [-0.39, 0.29) is 70.5 Å². The molecular weight excluding hydrogens is 782 g/mol. The Morgan fingerprint density at radius 2 is 1.02 bits per heavy atom. The van der Waals surface area contributed by atoms with Gasteiger partial charge < -0.3 is 20.4 Å². The average Bonchev–Trinajstić information content (AvgIpc) is 3.06. The molecule has 0 spiro atoms. The number of phenols is 2. The molecule has 5 aromatic carbocycles. The third-order valence-electron chi connectivity index (χ3n) is 6.75. The number of benzene rings is 5. The molecule has 5 aromatic rings. The van der Waals surface area contributed by atoms with Crippen LogP contribution in [0.3, 0.4) is 0 Å². The Morgan fingerprint density at radius 1 is 0.537 bits per heavy atom. The SMILES string of the molecule is O=[N+]([O-])c1ccc(N=Nc2cc(N=Nc3cc(S(=O)(=O)O)cc4cc(S(=O)(=O)O)cc([O-])c34)c(O)c(N=Nc3ccc([N+](=O)[O-])cc3[O-])c2O)cc1.[Na+].[Na+]. The normalized spacial score (nSPS) is 11.9. The van der Waals surface area contributed by atoms with Crippen molar-refractivity contribution in [3.05, 3.63) is 93.0 Å². The number of hydrogen-bond donors (Lipinski definition) is 4. The molecule has 0 bridgehead atoms. The molecule has 0 aliphatic heterocycles. The van der Waals surface area contributed by atoms with Gasteiger partial charge in [0.05, 0.1) is 36.7 Å². The van der Waals surface area contributed by atoms with Crippen LogP contribution in [-0.4, -0.2) is 46.0 Å². The van der Waals surface area contributed by atoms with E-state index in [1.54, 1.807) is 0 Å². The fraction of sp³-hybridized carbons (Fsp3) is 0. The molecule has 0 amide bonds. The van der Waals surface area contributed by atoms with E-state index >= 15 is 0 Å². The van der Waals surface area contributed by atoms with E-state index < -0.39 is 108 Å². The third-order valence-corrected chi connectivity index (χ3v) is 8.42. The Kier molecular flexibility index (Phi) is 13.6. The summed E-state index contributed by atoms with van der Waals surface area (Å²) in [6.45, 7) is 0. The molecule has 0 aromatic heterocycles. The van der Waals surface area contributed by atoms with E-state index in [9.17, 15) is 66.6 Å². The number of phenolic OH excluding ortho intramolecular Hbond substituents is 2. The first-order chi connectivity index (χ1) is 24.3. The molecule has 26 heteroatoms. The Balaban J connectivity index is 0.00000392. The molecule has 0 heterocycles.